The molecule has 0 bridgehead atoms. The highest BCUT2D eigenvalue weighted by atomic mass is 32.1. The molecular formula is C31H25N3O4S. The molecule has 4 aromatic rings. The van der Waals surface area contributed by atoms with Crippen LogP contribution in [0.1, 0.15) is 41.6 Å². The van der Waals surface area contributed by atoms with Crippen LogP contribution in [0.2, 0.25) is 0 Å². The quantitative estimate of drug-likeness (QED) is 0.330. The van der Waals surface area contributed by atoms with Crippen LogP contribution in [0.5, 0.6) is 5.75 Å². The molecule has 1 aliphatic heterocycles. The maximum absolute atomic E-state index is 13.8. The van der Waals surface area contributed by atoms with Gasteiger partial charge < -0.3 is 9.47 Å². The average molecular weight is 536 g/mol. The fraction of sp³-hybridized carbons (Fsp3) is 0.161. The van der Waals surface area contributed by atoms with Crippen LogP contribution in [0.15, 0.2) is 99.9 Å². The van der Waals surface area contributed by atoms with Crippen LogP contribution >= 0.6 is 11.3 Å². The van der Waals surface area contributed by atoms with E-state index in [1.807, 2.05) is 79.7 Å². The maximum atomic E-state index is 13.8. The standard InChI is InChI=1S/C31H25N3O4S/c1-3-25-27(30(36)37-2)28(23-9-5-4-6-10-23)34-29(35)26(39-31(34)33-25)17-22-8-7-11-24(16-22)38-19-21-14-12-20(18-32)13-15-21/h4-17,28H,3,19H2,1-2H3/b26-17+/t28-/m1/s1. The Morgan fingerprint density at radius 1 is 1.10 bits per heavy atom. The summed E-state index contributed by atoms with van der Waals surface area (Å²) >= 11 is 1.29. The van der Waals surface area contributed by atoms with Crippen LogP contribution in [0.4, 0.5) is 0 Å². The van der Waals surface area contributed by atoms with Crippen LogP contribution in [0.3, 0.4) is 0 Å². The number of nitriles is 1. The molecule has 1 aliphatic rings. The largest absolute Gasteiger partial charge is 0.489 e. The van der Waals surface area contributed by atoms with Crippen molar-refractivity contribution in [3.05, 3.63) is 132 Å². The summed E-state index contributed by atoms with van der Waals surface area (Å²) < 4.78 is 13.1. The summed E-state index contributed by atoms with van der Waals surface area (Å²) in [5.41, 5.74) is 3.92. The highest BCUT2D eigenvalue weighted by Crippen LogP contribution is 2.31. The van der Waals surface area contributed by atoms with E-state index in [-0.39, 0.29) is 5.56 Å². The van der Waals surface area contributed by atoms with Crippen molar-refractivity contribution >= 4 is 23.4 Å². The third-order valence-corrected chi connectivity index (χ3v) is 7.39. The Labute approximate surface area is 229 Å². The van der Waals surface area contributed by atoms with Crippen LogP contribution in [0.25, 0.3) is 6.08 Å². The SMILES string of the molecule is CCC1=C(C(=O)OC)[C@@H](c2ccccc2)n2c(s/c(=C/c3cccc(OCc4ccc(C#N)cc4)c3)c2=O)=N1. The molecule has 194 valence electrons. The predicted octanol–water partition coefficient (Wildman–Crippen LogP) is 4.25. The monoisotopic (exact) mass is 535 g/mol. The Balaban J connectivity index is 1.53. The van der Waals surface area contributed by atoms with Crippen LogP contribution in [-0.4, -0.2) is 17.6 Å². The van der Waals surface area contributed by atoms with E-state index in [0.717, 1.165) is 16.7 Å². The number of carbonyl (C=O) groups is 1. The first-order valence-electron chi connectivity index (χ1n) is 12.4. The van der Waals surface area contributed by atoms with Gasteiger partial charge in [0.05, 0.1) is 40.6 Å². The molecule has 0 N–H and O–H groups in total. The van der Waals surface area contributed by atoms with Gasteiger partial charge in [0.25, 0.3) is 5.56 Å². The van der Waals surface area contributed by atoms with Crippen LogP contribution < -0.4 is 19.6 Å². The zero-order valence-electron chi connectivity index (χ0n) is 21.5. The number of esters is 1. The second-order valence-corrected chi connectivity index (χ2v) is 9.88. The number of benzene rings is 3. The summed E-state index contributed by atoms with van der Waals surface area (Å²) in [5.74, 6) is 0.162. The second-order valence-electron chi connectivity index (χ2n) is 8.87. The van der Waals surface area contributed by atoms with Crippen molar-refractivity contribution < 1.29 is 14.3 Å². The fourth-order valence-electron chi connectivity index (χ4n) is 4.50. The summed E-state index contributed by atoms with van der Waals surface area (Å²) in [4.78, 5) is 31.9. The van der Waals surface area contributed by atoms with Gasteiger partial charge in [0, 0.05) is 0 Å². The van der Waals surface area contributed by atoms with Gasteiger partial charge in [0.15, 0.2) is 4.80 Å². The predicted molar refractivity (Wildman–Crippen MR) is 149 cm³/mol. The molecule has 0 aliphatic carbocycles. The van der Waals surface area contributed by atoms with Gasteiger partial charge in [-0.3, -0.25) is 9.36 Å². The Bertz CT molecular complexity index is 1780. The van der Waals surface area contributed by atoms with Gasteiger partial charge in [-0.1, -0.05) is 72.9 Å². The van der Waals surface area contributed by atoms with Gasteiger partial charge in [-0.05, 0) is 53.5 Å². The molecular weight excluding hydrogens is 510 g/mol. The van der Waals surface area contributed by atoms with Crippen molar-refractivity contribution in [2.45, 2.75) is 26.0 Å². The number of fused-ring (bicyclic) bond motifs is 1. The lowest BCUT2D eigenvalue weighted by atomic mass is 9.95. The second kappa shape index (κ2) is 11.3. The third kappa shape index (κ3) is 5.31. The number of carbonyl (C=O) groups excluding carboxylic acids is 1. The number of hydrogen-bond donors (Lipinski definition) is 0. The number of nitrogens with zero attached hydrogens (tertiary/aromatic N) is 3. The lowest BCUT2D eigenvalue weighted by molar-refractivity contribution is -0.136. The minimum Gasteiger partial charge on any atom is -0.489 e. The van der Waals surface area contributed by atoms with Gasteiger partial charge in [0.2, 0.25) is 0 Å². The molecule has 0 radical (unpaired) electrons. The van der Waals surface area contributed by atoms with Gasteiger partial charge in [0.1, 0.15) is 12.4 Å². The Hall–Kier alpha value is -4.74. The molecule has 5 rings (SSSR count). The lowest BCUT2D eigenvalue weighted by Crippen LogP contribution is -2.40. The average Bonchev–Trinajstić information content (AvgIpc) is 3.29. The van der Waals surface area contributed by atoms with Crippen LogP contribution in [0, 0.1) is 11.3 Å². The number of thiazole rings is 1. The summed E-state index contributed by atoms with van der Waals surface area (Å²) in [6.07, 6.45) is 2.34. The van der Waals surface area contributed by atoms with E-state index < -0.39 is 12.0 Å². The van der Waals surface area contributed by atoms with E-state index in [1.165, 1.54) is 18.4 Å². The third-order valence-electron chi connectivity index (χ3n) is 6.41. The molecule has 7 nitrogen and oxygen atoms in total. The molecule has 1 aromatic heterocycles. The summed E-state index contributed by atoms with van der Waals surface area (Å²) in [6.45, 7) is 2.28. The zero-order valence-corrected chi connectivity index (χ0v) is 22.3. The molecule has 0 fully saturated rings. The van der Waals surface area contributed by atoms with E-state index in [0.29, 0.717) is 44.9 Å². The molecule has 3 aromatic carbocycles. The first-order chi connectivity index (χ1) is 19.0. The number of rotatable bonds is 7. The number of hydrogen-bond acceptors (Lipinski definition) is 7. The molecule has 0 unspecified atom stereocenters. The topological polar surface area (TPSA) is 93.7 Å². The van der Waals surface area contributed by atoms with Crippen LogP contribution in [-0.2, 0) is 16.1 Å². The maximum Gasteiger partial charge on any atom is 0.338 e. The molecule has 0 saturated heterocycles. The number of methoxy groups -OCH3 is 1. The van der Waals surface area contributed by atoms with E-state index in [2.05, 4.69) is 6.07 Å². The van der Waals surface area contributed by atoms with Crippen molar-refractivity contribution in [2.75, 3.05) is 7.11 Å². The Morgan fingerprint density at radius 2 is 1.87 bits per heavy atom. The Morgan fingerprint density at radius 3 is 2.56 bits per heavy atom. The molecule has 2 heterocycles. The van der Waals surface area contributed by atoms with Crippen molar-refractivity contribution in [1.82, 2.24) is 4.57 Å². The molecule has 39 heavy (non-hydrogen) atoms. The minimum absolute atomic E-state index is 0.229. The summed E-state index contributed by atoms with van der Waals surface area (Å²) in [5, 5.41) is 8.97. The minimum atomic E-state index is -0.630. The van der Waals surface area contributed by atoms with Crippen molar-refractivity contribution in [2.24, 2.45) is 4.99 Å². The number of ether oxygens (including phenoxy) is 2. The smallest absolute Gasteiger partial charge is 0.338 e. The molecule has 0 amide bonds. The molecule has 8 heteroatoms. The number of allylic oxidation sites excluding steroid dienone is 1. The summed E-state index contributed by atoms with van der Waals surface area (Å²) in [6, 6.07) is 25.7. The first-order valence-corrected chi connectivity index (χ1v) is 13.2. The van der Waals surface area contributed by atoms with Gasteiger partial charge in [-0.15, -0.1) is 0 Å². The van der Waals surface area contributed by atoms with Gasteiger partial charge >= 0.3 is 5.97 Å². The Kier molecular flexibility index (Phi) is 7.53. The zero-order chi connectivity index (χ0) is 27.4. The van der Waals surface area contributed by atoms with Gasteiger partial charge in [-0.2, -0.15) is 5.26 Å². The van der Waals surface area contributed by atoms with E-state index >= 15 is 0 Å². The summed E-state index contributed by atoms with van der Waals surface area (Å²) in [7, 11) is 1.34. The lowest BCUT2D eigenvalue weighted by Gasteiger charge is -2.25. The normalized spacial score (nSPS) is 14.8. The number of aromatic nitrogens is 1. The van der Waals surface area contributed by atoms with E-state index in [1.54, 1.807) is 16.7 Å². The fourth-order valence-corrected chi connectivity index (χ4v) is 5.52. The highest BCUT2D eigenvalue weighted by molar-refractivity contribution is 7.07. The van der Waals surface area contributed by atoms with Crippen molar-refractivity contribution in [3.63, 3.8) is 0 Å². The molecule has 1 atom stereocenters. The van der Waals surface area contributed by atoms with E-state index in [9.17, 15) is 9.59 Å². The molecule has 0 spiro atoms. The highest BCUT2D eigenvalue weighted by Gasteiger charge is 2.33. The first kappa shape index (κ1) is 25.9. The van der Waals surface area contributed by atoms with E-state index in [4.69, 9.17) is 19.7 Å². The van der Waals surface area contributed by atoms with Gasteiger partial charge in [-0.25, -0.2) is 9.79 Å². The van der Waals surface area contributed by atoms with Crippen molar-refractivity contribution in [3.8, 4) is 11.8 Å². The van der Waals surface area contributed by atoms with Crippen molar-refractivity contribution in [1.29, 1.82) is 5.26 Å². The molecule has 0 saturated carbocycles.